The van der Waals surface area contributed by atoms with Gasteiger partial charge >= 0.3 is 0 Å². The molecule has 1 atom stereocenters. The Kier molecular flexibility index (Phi) is 3.51. The molecule has 1 aromatic carbocycles. The summed E-state index contributed by atoms with van der Waals surface area (Å²) in [5.41, 5.74) is 6.11. The zero-order chi connectivity index (χ0) is 12.4. The molecular formula is C10H9BrFN3O2. The molecule has 1 aromatic heterocycles. The highest BCUT2D eigenvalue weighted by Gasteiger charge is 2.16. The second kappa shape index (κ2) is 4.91. The fourth-order valence-electron chi connectivity index (χ4n) is 1.24. The lowest BCUT2D eigenvalue weighted by Crippen LogP contribution is -2.15. The maximum atomic E-state index is 12.9. The van der Waals surface area contributed by atoms with E-state index in [-0.39, 0.29) is 24.1 Å². The smallest absolute Gasteiger partial charge is 0.259 e. The highest BCUT2D eigenvalue weighted by Crippen LogP contribution is 2.27. The molecule has 1 heterocycles. The number of halogens is 2. The van der Waals surface area contributed by atoms with E-state index in [1.165, 1.54) is 18.2 Å². The molecule has 3 N–H and O–H groups in total. The molecule has 2 rings (SSSR count). The van der Waals surface area contributed by atoms with Crippen LogP contribution in [0.4, 0.5) is 4.39 Å². The summed E-state index contributed by atoms with van der Waals surface area (Å²) in [4.78, 5) is 4.03. The first kappa shape index (κ1) is 12.2. The second-order valence-electron chi connectivity index (χ2n) is 3.37. The zero-order valence-corrected chi connectivity index (χ0v) is 10.2. The Hall–Kier alpha value is -1.31. The molecule has 0 aliphatic heterocycles. The van der Waals surface area contributed by atoms with Gasteiger partial charge in [0, 0.05) is 4.47 Å². The van der Waals surface area contributed by atoms with Crippen molar-refractivity contribution in [2.24, 2.45) is 5.73 Å². The first-order valence-electron chi connectivity index (χ1n) is 4.77. The summed E-state index contributed by atoms with van der Waals surface area (Å²) in [5.74, 6) is 0.0573. The maximum absolute atomic E-state index is 12.9. The van der Waals surface area contributed by atoms with Gasteiger partial charge in [-0.05, 0) is 34.1 Å². The Balaban J connectivity index is 2.37. The number of nitrogens with two attached hydrogens (primary N) is 1. The quantitative estimate of drug-likeness (QED) is 0.900. The van der Waals surface area contributed by atoms with Gasteiger partial charge in [-0.3, -0.25) is 0 Å². The van der Waals surface area contributed by atoms with Crippen LogP contribution < -0.4 is 5.73 Å². The van der Waals surface area contributed by atoms with Gasteiger partial charge in [-0.15, -0.1) is 0 Å². The highest BCUT2D eigenvalue weighted by atomic mass is 79.9. The Labute approximate surface area is 105 Å². The fraction of sp³-hybridized carbons (Fsp3) is 0.200. The summed E-state index contributed by atoms with van der Waals surface area (Å²) < 4.78 is 18.4. The zero-order valence-electron chi connectivity index (χ0n) is 8.60. The van der Waals surface area contributed by atoms with Gasteiger partial charge in [-0.25, -0.2) is 4.39 Å². The van der Waals surface area contributed by atoms with Gasteiger partial charge in [-0.2, -0.15) is 4.98 Å². The van der Waals surface area contributed by atoms with E-state index in [9.17, 15) is 4.39 Å². The van der Waals surface area contributed by atoms with E-state index in [4.69, 9.17) is 15.4 Å². The summed E-state index contributed by atoms with van der Waals surface area (Å²) >= 11 is 3.20. The lowest BCUT2D eigenvalue weighted by atomic mass is 10.2. The Morgan fingerprint density at radius 2 is 2.29 bits per heavy atom. The number of hydrogen-bond acceptors (Lipinski definition) is 5. The Morgan fingerprint density at radius 3 is 2.94 bits per heavy atom. The van der Waals surface area contributed by atoms with Crippen molar-refractivity contribution in [3.8, 4) is 11.5 Å². The van der Waals surface area contributed by atoms with Gasteiger partial charge in [-0.1, -0.05) is 5.16 Å². The molecule has 0 bridgehead atoms. The predicted octanol–water partition coefficient (Wildman–Crippen LogP) is 1.63. The van der Waals surface area contributed by atoms with Crippen molar-refractivity contribution in [1.29, 1.82) is 0 Å². The first-order valence-corrected chi connectivity index (χ1v) is 5.56. The lowest BCUT2D eigenvalue weighted by molar-refractivity contribution is 0.260. The summed E-state index contributed by atoms with van der Waals surface area (Å²) in [6.45, 7) is -0.274. The topological polar surface area (TPSA) is 85.2 Å². The molecule has 0 saturated heterocycles. The molecule has 0 amide bonds. The number of aliphatic hydroxyl groups is 1. The molecule has 2 aromatic rings. The Morgan fingerprint density at radius 1 is 1.53 bits per heavy atom. The van der Waals surface area contributed by atoms with Crippen LogP contribution in [0.15, 0.2) is 27.2 Å². The van der Waals surface area contributed by atoms with Crippen molar-refractivity contribution in [2.45, 2.75) is 6.04 Å². The van der Waals surface area contributed by atoms with Crippen LogP contribution in [-0.4, -0.2) is 21.9 Å². The number of benzene rings is 1. The van der Waals surface area contributed by atoms with Crippen molar-refractivity contribution >= 4 is 15.9 Å². The SMILES string of the molecule is NC(CO)c1noc(-c2ccc(F)cc2Br)n1. The molecule has 7 heteroatoms. The molecule has 0 saturated carbocycles. The average molecular weight is 302 g/mol. The third kappa shape index (κ3) is 2.51. The van der Waals surface area contributed by atoms with Crippen LogP contribution in [0.2, 0.25) is 0 Å². The summed E-state index contributed by atoms with van der Waals surface area (Å²) in [6, 6.07) is 3.41. The maximum Gasteiger partial charge on any atom is 0.259 e. The van der Waals surface area contributed by atoms with Crippen molar-refractivity contribution in [3.05, 3.63) is 34.3 Å². The van der Waals surface area contributed by atoms with Crippen LogP contribution in [0, 0.1) is 5.82 Å². The minimum Gasteiger partial charge on any atom is -0.394 e. The monoisotopic (exact) mass is 301 g/mol. The van der Waals surface area contributed by atoms with Crippen molar-refractivity contribution < 1.29 is 14.0 Å². The number of nitrogens with zero attached hydrogens (tertiary/aromatic N) is 2. The van der Waals surface area contributed by atoms with Crippen LogP contribution in [0.25, 0.3) is 11.5 Å². The molecule has 90 valence electrons. The van der Waals surface area contributed by atoms with Gasteiger partial charge in [0.05, 0.1) is 18.2 Å². The van der Waals surface area contributed by atoms with Crippen molar-refractivity contribution in [2.75, 3.05) is 6.61 Å². The molecule has 0 spiro atoms. The van der Waals surface area contributed by atoms with Crippen LogP contribution in [-0.2, 0) is 0 Å². The number of aromatic nitrogens is 2. The third-order valence-electron chi connectivity index (χ3n) is 2.13. The van der Waals surface area contributed by atoms with E-state index < -0.39 is 6.04 Å². The van der Waals surface area contributed by atoms with E-state index in [1.807, 2.05) is 0 Å². The second-order valence-corrected chi connectivity index (χ2v) is 4.23. The fourth-order valence-corrected chi connectivity index (χ4v) is 1.76. The van der Waals surface area contributed by atoms with Crippen LogP contribution >= 0.6 is 15.9 Å². The minimum absolute atomic E-state index is 0.207. The standard InChI is InChI=1S/C10H9BrFN3O2/c11-7-3-5(12)1-2-6(7)10-14-9(15-17-10)8(13)4-16/h1-3,8,16H,4,13H2. The molecule has 17 heavy (non-hydrogen) atoms. The summed E-state index contributed by atoms with van der Waals surface area (Å²) in [7, 11) is 0. The van der Waals surface area contributed by atoms with Gasteiger partial charge in [0.2, 0.25) is 0 Å². The van der Waals surface area contributed by atoms with Crippen LogP contribution in [0.1, 0.15) is 11.9 Å². The molecule has 1 unspecified atom stereocenters. The molecule has 0 aliphatic rings. The van der Waals surface area contributed by atoms with Crippen molar-refractivity contribution in [1.82, 2.24) is 10.1 Å². The van der Waals surface area contributed by atoms with Crippen LogP contribution in [0.3, 0.4) is 0 Å². The molecule has 0 radical (unpaired) electrons. The normalized spacial score (nSPS) is 12.7. The van der Waals surface area contributed by atoms with E-state index >= 15 is 0 Å². The summed E-state index contributed by atoms with van der Waals surface area (Å²) in [5, 5.41) is 12.5. The average Bonchev–Trinajstić information content (AvgIpc) is 2.77. The minimum atomic E-state index is -0.688. The largest absolute Gasteiger partial charge is 0.394 e. The van der Waals surface area contributed by atoms with Gasteiger partial charge in [0.15, 0.2) is 5.82 Å². The van der Waals surface area contributed by atoms with E-state index in [1.54, 1.807) is 0 Å². The predicted molar refractivity (Wildman–Crippen MR) is 61.4 cm³/mol. The van der Waals surface area contributed by atoms with Gasteiger partial charge in [0.25, 0.3) is 5.89 Å². The molecule has 0 fully saturated rings. The summed E-state index contributed by atoms with van der Waals surface area (Å²) in [6.07, 6.45) is 0. The molecular weight excluding hydrogens is 293 g/mol. The van der Waals surface area contributed by atoms with Gasteiger partial charge in [0.1, 0.15) is 5.82 Å². The third-order valence-corrected chi connectivity index (χ3v) is 2.79. The van der Waals surface area contributed by atoms with Gasteiger partial charge < -0.3 is 15.4 Å². The number of hydrogen-bond donors (Lipinski definition) is 2. The molecule has 5 nitrogen and oxygen atoms in total. The van der Waals surface area contributed by atoms with Crippen LogP contribution in [0.5, 0.6) is 0 Å². The molecule has 0 aliphatic carbocycles. The number of aliphatic hydroxyl groups excluding tert-OH is 1. The lowest BCUT2D eigenvalue weighted by Gasteiger charge is -1.99. The van der Waals surface area contributed by atoms with E-state index in [0.717, 1.165) is 0 Å². The van der Waals surface area contributed by atoms with Crippen molar-refractivity contribution in [3.63, 3.8) is 0 Å². The Bertz CT molecular complexity index is 532. The van der Waals surface area contributed by atoms with E-state index in [0.29, 0.717) is 10.0 Å². The highest BCUT2D eigenvalue weighted by molar-refractivity contribution is 9.10. The van der Waals surface area contributed by atoms with E-state index in [2.05, 4.69) is 26.1 Å². The number of rotatable bonds is 3. The first-order chi connectivity index (χ1) is 8.11.